The topological polar surface area (TPSA) is 17.1 Å². The van der Waals surface area contributed by atoms with Gasteiger partial charge in [-0.3, -0.25) is 4.79 Å². The van der Waals surface area contributed by atoms with E-state index in [-0.39, 0.29) is 0 Å². The Balaban J connectivity index is 1.94. The van der Waals surface area contributed by atoms with E-state index in [9.17, 15) is 4.79 Å². The number of hydrogen-bond donors (Lipinski definition) is 0. The Hall–Kier alpha value is -0.330. The zero-order valence-corrected chi connectivity index (χ0v) is 11.8. The third kappa shape index (κ3) is 6.85. The lowest BCUT2D eigenvalue weighted by atomic mass is 9.97. The molecule has 1 heteroatoms. The normalized spacial score (nSPS) is 24.1. The summed E-state index contributed by atoms with van der Waals surface area (Å²) in [5.41, 5.74) is 0. The molecule has 1 saturated carbocycles. The van der Waals surface area contributed by atoms with E-state index in [2.05, 4.69) is 13.8 Å². The van der Waals surface area contributed by atoms with Crippen LogP contribution in [0.1, 0.15) is 84.5 Å². The molecule has 100 valence electrons. The summed E-state index contributed by atoms with van der Waals surface area (Å²) in [5, 5.41) is 0. The molecular formula is C16H30O. The van der Waals surface area contributed by atoms with Crippen LogP contribution in [0.5, 0.6) is 0 Å². The predicted molar refractivity (Wildman–Crippen MR) is 74.1 cm³/mol. The van der Waals surface area contributed by atoms with Crippen molar-refractivity contribution in [1.82, 2.24) is 0 Å². The SMILES string of the molecule is CCCCCCCCC(=O)CC1CCC(C)C1. The minimum atomic E-state index is 0.527. The van der Waals surface area contributed by atoms with Crippen molar-refractivity contribution >= 4 is 5.78 Å². The van der Waals surface area contributed by atoms with Gasteiger partial charge < -0.3 is 0 Å². The van der Waals surface area contributed by atoms with Crippen molar-refractivity contribution in [3.63, 3.8) is 0 Å². The van der Waals surface area contributed by atoms with Gasteiger partial charge in [-0.2, -0.15) is 0 Å². The highest BCUT2D eigenvalue weighted by molar-refractivity contribution is 5.78. The van der Waals surface area contributed by atoms with E-state index in [1.54, 1.807) is 0 Å². The van der Waals surface area contributed by atoms with E-state index in [1.807, 2.05) is 0 Å². The summed E-state index contributed by atoms with van der Waals surface area (Å²) >= 11 is 0. The number of unbranched alkanes of at least 4 members (excludes halogenated alkanes) is 5. The van der Waals surface area contributed by atoms with Crippen molar-refractivity contribution in [2.75, 3.05) is 0 Å². The maximum Gasteiger partial charge on any atom is 0.133 e. The molecule has 0 heterocycles. The van der Waals surface area contributed by atoms with Gasteiger partial charge in [-0.15, -0.1) is 0 Å². The molecule has 1 aliphatic carbocycles. The molecule has 0 amide bonds. The zero-order valence-electron chi connectivity index (χ0n) is 11.8. The Morgan fingerprint density at radius 1 is 1.06 bits per heavy atom. The van der Waals surface area contributed by atoms with E-state index in [0.29, 0.717) is 5.78 Å². The Bertz CT molecular complexity index is 210. The molecule has 1 rings (SSSR count). The van der Waals surface area contributed by atoms with Crippen molar-refractivity contribution in [3.05, 3.63) is 0 Å². The van der Waals surface area contributed by atoms with Gasteiger partial charge in [-0.1, -0.05) is 52.4 Å². The monoisotopic (exact) mass is 238 g/mol. The standard InChI is InChI=1S/C16H30O/c1-3-4-5-6-7-8-9-16(17)13-15-11-10-14(2)12-15/h14-15H,3-13H2,1-2H3. The van der Waals surface area contributed by atoms with Crippen LogP contribution in [0.2, 0.25) is 0 Å². The number of rotatable bonds is 9. The lowest BCUT2D eigenvalue weighted by Gasteiger charge is -2.08. The first-order valence-corrected chi connectivity index (χ1v) is 7.74. The second-order valence-electron chi connectivity index (χ2n) is 6.04. The lowest BCUT2D eigenvalue weighted by Crippen LogP contribution is -2.05. The largest absolute Gasteiger partial charge is 0.300 e. The van der Waals surface area contributed by atoms with Crippen LogP contribution in [-0.4, -0.2) is 5.78 Å². The Morgan fingerprint density at radius 2 is 1.76 bits per heavy atom. The Kier molecular flexibility index (Phi) is 7.55. The van der Waals surface area contributed by atoms with Gasteiger partial charge in [-0.25, -0.2) is 0 Å². The van der Waals surface area contributed by atoms with Crippen molar-refractivity contribution in [1.29, 1.82) is 0 Å². The maximum atomic E-state index is 11.8. The molecule has 0 N–H and O–H groups in total. The molecule has 0 saturated heterocycles. The molecule has 1 fully saturated rings. The third-order valence-electron chi connectivity index (χ3n) is 4.13. The fourth-order valence-electron chi connectivity index (χ4n) is 3.04. The second kappa shape index (κ2) is 8.72. The van der Waals surface area contributed by atoms with Crippen LogP contribution in [-0.2, 0) is 4.79 Å². The van der Waals surface area contributed by atoms with Gasteiger partial charge in [0.1, 0.15) is 5.78 Å². The summed E-state index contributed by atoms with van der Waals surface area (Å²) < 4.78 is 0. The quantitative estimate of drug-likeness (QED) is 0.509. The molecule has 0 aromatic rings. The van der Waals surface area contributed by atoms with Crippen LogP contribution in [0.25, 0.3) is 0 Å². The highest BCUT2D eigenvalue weighted by atomic mass is 16.1. The molecule has 2 atom stereocenters. The van der Waals surface area contributed by atoms with Gasteiger partial charge in [0.2, 0.25) is 0 Å². The molecule has 0 aliphatic heterocycles. The van der Waals surface area contributed by atoms with E-state index in [1.165, 1.54) is 51.4 Å². The molecule has 0 spiro atoms. The second-order valence-corrected chi connectivity index (χ2v) is 6.04. The number of hydrogen-bond acceptors (Lipinski definition) is 1. The average molecular weight is 238 g/mol. The first-order valence-electron chi connectivity index (χ1n) is 7.74. The summed E-state index contributed by atoms with van der Waals surface area (Å²) in [5.74, 6) is 2.11. The first-order chi connectivity index (χ1) is 8.22. The van der Waals surface area contributed by atoms with Crippen LogP contribution in [0.3, 0.4) is 0 Å². The highest BCUT2D eigenvalue weighted by Gasteiger charge is 2.22. The summed E-state index contributed by atoms with van der Waals surface area (Å²) in [6, 6.07) is 0. The molecule has 0 aromatic carbocycles. The van der Waals surface area contributed by atoms with E-state index in [0.717, 1.165) is 31.1 Å². The van der Waals surface area contributed by atoms with Crippen molar-refractivity contribution < 1.29 is 4.79 Å². The van der Waals surface area contributed by atoms with Crippen LogP contribution >= 0.6 is 0 Å². The number of carbonyl (C=O) groups is 1. The molecular weight excluding hydrogens is 208 g/mol. The van der Waals surface area contributed by atoms with E-state index in [4.69, 9.17) is 0 Å². The summed E-state index contributed by atoms with van der Waals surface area (Å²) in [4.78, 5) is 11.8. The van der Waals surface area contributed by atoms with Gasteiger partial charge >= 0.3 is 0 Å². The molecule has 0 aromatic heterocycles. The molecule has 17 heavy (non-hydrogen) atoms. The maximum absolute atomic E-state index is 11.8. The predicted octanol–water partition coefficient (Wildman–Crippen LogP) is 5.13. The fourth-order valence-corrected chi connectivity index (χ4v) is 3.04. The van der Waals surface area contributed by atoms with Crippen LogP contribution in [0, 0.1) is 11.8 Å². The van der Waals surface area contributed by atoms with Crippen LogP contribution in [0.4, 0.5) is 0 Å². The van der Waals surface area contributed by atoms with Gasteiger partial charge in [-0.05, 0) is 31.1 Å². The first kappa shape index (κ1) is 14.7. The van der Waals surface area contributed by atoms with Gasteiger partial charge in [0.15, 0.2) is 0 Å². The van der Waals surface area contributed by atoms with Gasteiger partial charge in [0.25, 0.3) is 0 Å². The average Bonchev–Trinajstić information content (AvgIpc) is 2.69. The molecule has 0 radical (unpaired) electrons. The molecule has 0 bridgehead atoms. The Morgan fingerprint density at radius 3 is 2.41 bits per heavy atom. The summed E-state index contributed by atoms with van der Waals surface area (Å²) in [6.45, 7) is 4.56. The molecule has 2 unspecified atom stereocenters. The van der Waals surface area contributed by atoms with E-state index < -0.39 is 0 Å². The number of ketones is 1. The van der Waals surface area contributed by atoms with Gasteiger partial charge in [0, 0.05) is 12.8 Å². The van der Waals surface area contributed by atoms with Crippen molar-refractivity contribution in [2.45, 2.75) is 84.5 Å². The zero-order chi connectivity index (χ0) is 12.5. The number of carbonyl (C=O) groups excluding carboxylic acids is 1. The molecule has 1 aliphatic rings. The van der Waals surface area contributed by atoms with Crippen molar-refractivity contribution in [3.8, 4) is 0 Å². The van der Waals surface area contributed by atoms with E-state index >= 15 is 0 Å². The van der Waals surface area contributed by atoms with Crippen LogP contribution in [0.15, 0.2) is 0 Å². The fraction of sp³-hybridized carbons (Fsp3) is 0.938. The summed E-state index contributed by atoms with van der Waals surface area (Å²) in [7, 11) is 0. The lowest BCUT2D eigenvalue weighted by molar-refractivity contribution is -0.120. The summed E-state index contributed by atoms with van der Waals surface area (Å²) in [6.07, 6.45) is 13.4. The minimum Gasteiger partial charge on any atom is -0.300 e. The number of Topliss-reactive ketones (excluding diaryl/α,β-unsaturated/α-hetero) is 1. The van der Waals surface area contributed by atoms with Crippen LogP contribution < -0.4 is 0 Å². The highest BCUT2D eigenvalue weighted by Crippen LogP contribution is 2.32. The minimum absolute atomic E-state index is 0.527. The molecule has 1 nitrogen and oxygen atoms in total. The van der Waals surface area contributed by atoms with Gasteiger partial charge in [0.05, 0.1) is 0 Å². The van der Waals surface area contributed by atoms with Crippen molar-refractivity contribution in [2.24, 2.45) is 11.8 Å². The third-order valence-corrected chi connectivity index (χ3v) is 4.13. The Labute approximate surface area is 107 Å². The smallest absolute Gasteiger partial charge is 0.133 e.